The van der Waals surface area contributed by atoms with E-state index in [2.05, 4.69) is 10.6 Å². The Kier molecular flexibility index (Phi) is 4.41. The number of hydrogen-bond acceptors (Lipinski definition) is 3. The smallest absolute Gasteiger partial charge is 0.220 e. The summed E-state index contributed by atoms with van der Waals surface area (Å²) in [6.07, 6.45) is 2.05. The summed E-state index contributed by atoms with van der Waals surface area (Å²) in [7, 11) is 0. The van der Waals surface area contributed by atoms with E-state index in [9.17, 15) is 4.79 Å². The Morgan fingerprint density at radius 1 is 1.79 bits per heavy atom. The summed E-state index contributed by atoms with van der Waals surface area (Å²) in [6.45, 7) is 3.82. The second-order valence-electron chi connectivity index (χ2n) is 3.89. The number of rotatable bonds is 4. The fourth-order valence-corrected chi connectivity index (χ4v) is 1.67. The van der Waals surface area contributed by atoms with E-state index in [1.54, 1.807) is 0 Å². The van der Waals surface area contributed by atoms with Crippen LogP contribution in [0.15, 0.2) is 0 Å². The van der Waals surface area contributed by atoms with Crippen LogP contribution in [0, 0.1) is 17.2 Å². The number of nitrogens with one attached hydrogen (secondary N) is 2. The fraction of sp³-hybridized carbons (Fsp3) is 0.800. The Hall–Kier alpha value is -1.08. The van der Waals surface area contributed by atoms with Crippen molar-refractivity contribution in [3.05, 3.63) is 0 Å². The molecule has 0 saturated carbocycles. The molecule has 1 saturated heterocycles. The van der Waals surface area contributed by atoms with Gasteiger partial charge in [0.25, 0.3) is 0 Å². The number of amides is 1. The monoisotopic (exact) mass is 195 g/mol. The van der Waals surface area contributed by atoms with Crippen LogP contribution in [0.1, 0.15) is 26.2 Å². The second-order valence-corrected chi connectivity index (χ2v) is 3.89. The highest BCUT2D eigenvalue weighted by Crippen LogP contribution is 2.11. The van der Waals surface area contributed by atoms with Gasteiger partial charge in [-0.25, -0.2) is 0 Å². The van der Waals surface area contributed by atoms with E-state index in [0.717, 1.165) is 19.5 Å². The minimum atomic E-state index is -0.0261. The van der Waals surface area contributed by atoms with Crippen molar-refractivity contribution >= 4 is 5.91 Å². The van der Waals surface area contributed by atoms with Crippen LogP contribution in [-0.2, 0) is 4.79 Å². The molecule has 2 N–H and O–H groups in total. The van der Waals surface area contributed by atoms with Crippen LogP contribution in [0.5, 0.6) is 0 Å². The van der Waals surface area contributed by atoms with E-state index in [4.69, 9.17) is 5.26 Å². The van der Waals surface area contributed by atoms with Gasteiger partial charge in [0.2, 0.25) is 5.91 Å². The standard InChI is InChI=1S/C10H17N3O/c1-8(2-4-11)13-10(14)6-9-3-5-12-7-9/h8-9,12H,2-3,5-7H2,1H3,(H,13,14). The number of hydrogen-bond donors (Lipinski definition) is 2. The topological polar surface area (TPSA) is 64.9 Å². The van der Waals surface area contributed by atoms with Crippen LogP contribution in [0.25, 0.3) is 0 Å². The van der Waals surface area contributed by atoms with Gasteiger partial charge in [0.05, 0.1) is 12.5 Å². The quantitative estimate of drug-likeness (QED) is 0.682. The molecule has 4 nitrogen and oxygen atoms in total. The molecular weight excluding hydrogens is 178 g/mol. The van der Waals surface area contributed by atoms with Gasteiger partial charge in [-0.1, -0.05) is 0 Å². The minimum absolute atomic E-state index is 0.0261. The van der Waals surface area contributed by atoms with E-state index in [-0.39, 0.29) is 11.9 Å². The van der Waals surface area contributed by atoms with Crippen molar-refractivity contribution in [2.45, 2.75) is 32.2 Å². The van der Waals surface area contributed by atoms with Crippen LogP contribution >= 0.6 is 0 Å². The lowest BCUT2D eigenvalue weighted by molar-refractivity contribution is -0.122. The average Bonchev–Trinajstić information content (AvgIpc) is 2.56. The molecule has 0 aromatic rings. The number of nitriles is 1. The van der Waals surface area contributed by atoms with Gasteiger partial charge in [-0.2, -0.15) is 5.26 Å². The van der Waals surface area contributed by atoms with Crippen molar-refractivity contribution in [2.75, 3.05) is 13.1 Å². The van der Waals surface area contributed by atoms with Crippen LogP contribution in [0.4, 0.5) is 0 Å². The summed E-state index contributed by atoms with van der Waals surface area (Å²) < 4.78 is 0. The van der Waals surface area contributed by atoms with Crippen LogP contribution in [0.2, 0.25) is 0 Å². The first-order chi connectivity index (χ1) is 6.72. The van der Waals surface area contributed by atoms with Crippen LogP contribution < -0.4 is 10.6 Å². The minimum Gasteiger partial charge on any atom is -0.353 e. The SMILES string of the molecule is CC(CC#N)NC(=O)CC1CCNC1. The first-order valence-electron chi connectivity index (χ1n) is 5.09. The summed E-state index contributed by atoms with van der Waals surface area (Å²) in [6, 6.07) is 2.01. The van der Waals surface area contributed by atoms with E-state index in [1.807, 2.05) is 13.0 Å². The van der Waals surface area contributed by atoms with Gasteiger partial charge in [0.15, 0.2) is 0 Å². The van der Waals surface area contributed by atoms with Gasteiger partial charge in [-0.3, -0.25) is 4.79 Å². The van der Waals surface area contributed by atoms with E-state index < -0.39 is 0 Å². The molecule has 0 aromatic carbocycles. The van der Waals surface area contributed by atoms with Gasteiger partial charge in [-0.15, -0.1) is 0 Å². The van der Waals surface area contributed by atoms with Crippen LogP contribution in [0.3, 0.4) is 0 Å². The van der Waals surface area contributed by atoms with Crippen molar-refractivity contribution < 1.29 is 4.79 Å². The predicted octanol–water partition coefficient (Wildman–Crippen LogP) is 0.404. The predicted molar refractivity (Wildman–Crippen MR) is 53.4 cm³/mol. The molecular formula is C10H17N3O. The fourth-order valence-electron chi connectivity index (χ4n) is 1.67. The molecule has 1 amide bonds. The molecule has 14 heavy (non-hydrogen) atoms. The molecule has 1 aliphatic rings. The van der Waals surface area contributed by atoms with Gasteiger partial charge in [-0.05, 0) is 32.4 Å². The molecule has 1 fully saturated rings. The zero-order valence-electron chi connectivity index (χ0n) is 8.55. The lowest BCUT2D eigenvalue weighted by atomic mass is 10.0. The second kappa shape index (κ2) is 5.61. The normalized spacial score (nSPS) is 22.7. The largest absolute Gasteiger partial charge is 0.353 e. The lowest BCUT2D eigenvalue weighted by Crippen LogP contribution is -2.33. The zero-order chi connectivity index (χ0) is 10.4. The Morgan fingerprint density at radius 2 is 2.57 bits per heavy atom. The maximum absolute atomic E-state index is 11.4. The third-order valence-electron chi connectivity index (χ3n) is 2.44. The first kappa shape index (κ1) is 11.0. The van der Waals surface area contributed by atoms with Gasteiger partial charge >= 0.3 is 0 Å². The summed E-state index contributed by atoms with van der Waals surface area (Å²) in [5.41, 5.74) is 0. The molecule has 2 unspecified atom stereocenters. The van der Waals surface area contributed by atoms with E-state index in [0.29, 0.717) is 18.8 Å². The van der Waals surface area contributed by atoms with E-state index >= 15 is 0 Å². The molecule has 78 valence electrons. The number of nitrogens with zero attached hydrogens (tertiary/aromatic N) is 1. The van der Waals surface area contributed by atoms with E-state index in [1.165, 1.54) is 0 Å². The molecule has 0 spiro atoms. The maximum Gasteiger partial charge on any atom is 0.220 e. The Labute approximate surface area is 84.7 Å². The lowest BCUT2D eigenvalue weighted by Gasteiger charge is -2.12. The first-order valence-corrected chi connectivity index (χ1v) is 5.09. The third-order valence-corrected chi connectivity index (χ3v) is 2.44. The highest BCUT2D eigenvalue weighted by molar-refractivity contribution is 5.76. The number of carbonyl (C=O) groups excluding carboxylic acids is 1. The van der Waals surface area contributed by atoms with Crippen LogP contribution in [-0.4, -0.2) is 25.0 Å². The summed E-state index contributed by atoms with van der Waals surface area (Å²) in [5, 5.41) is 14.5. The average molecular weight is 195 g/mol. The molecule has 2 atom stereocenters. The molecule has 0 radical (unpaired) electrons. The Bertz CT molecular complexity index is 228. The maximum atomic E-state index is 11.4. The molecule has 0 aliphatic carbocycles. The van der Waals surface area contributed by atoms with Crippen molar-refractivity contribution in [1.82, 2.24) is 10.6 Å². The highest BCUT2D eigenvalue weighted by atomic mass is 16.1. The number of carbonyl (C=O) groups is 1. The highest BCUT2D eigenvalue weighted by Gasteiger charge is 2.18. The molecule has 0 bridgehead atoms. The molecule has 4 heteroatoms. The summed E-state index contributed by atoms with van der Waals surface area (Å²) in [4.78, 5) is 11.4. The zero-order valence-corrected chi connectivity index (χ0v) is 8.55. The van der Waals surface area contributed by atoms with Crippen molar-refractivity contribution in [3.63, 3.8) is 0 Å². The molecule has 0 aromatic heterocycles. The Morgan fingerprint density at radius 3 is 3.14 bits per heavy atom. The van der Waals surface area contributed by atoms with Crippen molar-refractivity contribution in [2.24, 2.45) is 5.92 Å². The molecule has 1 rings (SSSR count). The molecule has 1 heterocycles. The third kappa shape index (κ3) is 3.75. The van der Waals surface area contributed by atoms with Crippen molar-refractivity contribution in [1.29, 1.82) is 5.26 Å². The molecule has 1 aliphatic heterocycles. The van der Waals surface area contributed by atoms with Gasteiger partial charge in [0.1, 0.15) is 0 Å². The summed E-state index contributed by atoms with van der Waals surface area (Å²) >= 11 is 0. The summed E-state index contributed by atoms with van der Waals surface area (Å²) in [5.74, 6) is 0.547. The Balaban J connectivity index is 2.18. The van der Waals surface area contributed by atoms with Crippen molar-refractivity contribution in [3.8, 4) is 6.07 Å². The van der Waals surface area contributed by atoms with Gasteiger partial charge in [0, 0.05) is 12.5 Å². The van der Waals surface area contributed by atoms with Gasteiger partial charge < -0.3 is 10.6 Å².